The fourth-order valence-electron chi connectivity index (χ4n) is 3.29. The van der Waals surface area contributed by atoms with Crippen LogP contribution < -0.4 is 14.2 Å². The van der Waals surface area contributed by atoms with E-state index < -0.39 is 11.9 Å². The summed E-state index contributed by atoms with van der Waals surface area (Å²) in [5.41, 5.74) is 1.66. The second-order valence-electron chi connectivity index (χ2n) is 7.34. The Labute approximate surface area is 157 Å². The number of halogens is 1. The predicted octanol–water partition coefficient (Wildman–Crippen LogP) is 4.31. The second kappa shape index (κ2) is 7.10. The average molecular weight is 374 g/mol. The summed E-state index contributed by atoms with van der Waals surface area (Å²) in [4.78, 5) is 11.2. The summed E-state index contributed by atoms with van der Waals surface area (Å²) in [6.45, 7) is 5.65. The van der Waals surface area contributed by atoms with Crippen LogP contribution in [0.4, 0.5) is 4.39 Å². The number of carbonyl (C=O) groups is 1. The number of methoxy groups -OCH3 is 1. The summed E-state index contributed by atoms with van der Waals surface area (Å²) in [6.07, 6.45) is 0.642. The molecule has 1 unspecified atom stereocenters. The number of ether oxygens (including phenoxy) is 3. The van der Waals surface area contributed by atoms with Crippen LogP contribution in [0, 0.1) is 5.82 Å². The topological polar surface area (TPSA) is 65.0 Å². The maximum absolute atomic E-state index is 13.9. The minimum atomic E-state index is -0.933. The quantitative estimate of drug-likeness (QED) is 0.816. The Morgan fingerprint density at radius 1 is 1.33 bits per heavy atom. The second-order valence-corrected chi connectivity index (χ2v) is 7.34. The minimum Gasteiger partial charge on any atom is -0.496 e. The van der Waals surface area contributed by atoms with Gasteiger partial charge in [0.25, 0.3) is 0 Å². The largest absolute Gasteiger partial charge is 0.496 e. The number of aliphatic carboxylic acids is 1. The van der Waals surface area contributed by atoms with Crippen molar-refractivity contribution in [1.29, 1.82) is 0 Å². The SMILES string of the molecule is COc1cc(OCc2cc(F)cc3c2OC(C)(C)C3)ccc1C(C)C(=O)O. The van der Waals surface area contributed by atoms with Gasteiger partial charge in [0.1, 0.15) is 35.3 Å². The molecule has 0 aliphatic carbocycles. The molecule has 5 nitrogen and oxygen atoms in total. The van der Waals surface area contributed by atoms with Crippen LogP contribution in [0.5, 0.6) is 17.2 Å². The van der Waals surface area contributed by atoms with Crippen molar-refractivity contribution in [3.05, 3.63) is 52.8 Å². The van der Waals surface area contributed by atoms with Crippen LogP contribution in [0.3, 0.4) is 0 Å². The smallest absolute Gasteiger partial charge is 0.310 e. The molecule has 0 saturated carbocycles. The van der Waals surface area contributed by atoms with Gasteiger partial charge in [-0.05, 0) is 39.0 Å². The van der Waals surface area contributed by atoms with Crippen molar-refractivity contribution in [1.82, 2.24) is 0 Å². The van der Waals surface area contributed by atoms with E-state index in [-0.39, 0.29) is 18.0 Å². The molecule has 0 bridgehead atoms. The van der Waals surface area contributed by atoms with E-state index >= 15 is 0 Å². The van der Waals surface area contributed by atoms with E-state index in [4.69, 9.17) is 14.2 Å². The zero-order valence-corrected chi connectivity index (χ0v) is 15.8. The maximum atomic E-state index is 13.9. The molecule has 1 atom stereocenters. The molecule has 27 heavy (non-hydrogen) atoms. The van der Waals surface area contributed by atoms with Crippen LogP contribution in [0.15, 0.2) is 30.3 Å². The van der Waals surface area contributed by atoms with E-state index in [1.165, 1.54) is 19.2 Å². The van der Waals surface area contributed by atoms with Gasteiger partial charge in [-0.1, -0.05) is 6.07 Å². The minimum absolute atomic E-state index is 0.132. The Morgan fingerprint density at radius 3 is 2.74 bits per heavy atom. The summed E-state index contributed by atoms with van der Waals surface area (Å²) in [6, 6.07) is 7.90. The Morgan fingerprint density at radius 2 is 2.07 bits per heavy atom. The zero-order valence-electron chi connectivity index (χ0n) is 15.8. The van der Waals surface area contributed by atoms with Gasteiger partial charge in [-0.2, -0.15) is 0 Å². The Balaban J connectivity index is 1.81. The first-order valence-corrected chi connectivity index (χ1v) is 8.74. The van der Waals surface area contributed by atoms with Crippen LogP contribution >= 0.6 is 0 Å². The molecule has 0 saturated heterocycles. The molecular formula is C21H23FO5. The molecule has 0 amide bonds. The van der Waals surface area contributed by atoms with Crippen molar-refractivity contribution in [2.24, 2.45) is 0 Å². The Kier molecular flexibility index (Phi) is 5.00. The lowest BCUT2D eigenvalue weighted by atomic mass is 10.00. The molecule has 2 aromatic carbocycles. The van der Waals surface area contributed by atoms with Gasteiger partial charge < -0.3 is 19.3 Å². The highest BCUT2D eigenvalue weighted by molar-refractivity contribution is 5.76. The van der Waals surface area contributed by atoms with E-state index in [9.17, 15) is 14.3 Å². The Bertz CT molecular complexity index is 875. The molecule has 2 aromatic rings. The van der Waals surface area contributed by atoms with Gasteiger partial charge in [0.05, 0.1) is 13.0 Å². The molecule has 0 aromatic heterocycles. The predicted molar refractivity (Wildman–Crippen MR) is 98.2 cm³/mol. The number of carboxylic acid groups (broad SMARTS) is 1. The van der Waals surface area contributed by atoms with Crippen LogP contribution in [0.1, 0.15) is 43.4 Å². The number of hydrogen-bond acceptors (Lipinski definition) is 4. The van der Waals surface area contributed by atoms with Gasteiger partial charge in [0.15, 0.2) is 0 Å². The molecule has 1 heterocycles. The highest BCUT2D eigenvalue weighted by Gasteiger charge is 2.32. The van der Waals surface area contributed by atoms with Crippen LogP contribution in [-0.2, 0) is 17.8 Å². The molecule has 0 spiro atoms. The first-order valence-electron chi connectivity index (χ1n) is 8.74. The molecule has 1 N–H and O–H groups in total. The Hall–Kier alpha value is -2.76. The molecule has 3 rings (SSSR count). The highest BCUT2D eigenvalue weighted by atomic mass is 19.1. The summed E-state index contributed by atoms with van der Waals surface area (Å²) in [7, 11) is 1.48. The lowest BCUT2D eigenvalue weighted by Gasteiger charge is -2.18. The van der Waals surface area contributed by atoms with Gasteiger partial charge in [-0.25, -0.2) is 4.39 Å². The lowest BCUT2D eigenvalue weighted by molar-refractivity contribution is -0.138. The monoisotopic (exact) mass is 374 g/mol. The van der Waals surface area contributed by atoms with Crippen molar-refractivity contribution in [3.63, 3.8) is 0 Å². The summed E-state index contributed by atoms with van der Waals surface area (Å²) >= 11 is 0. The number of rotatable bonds is 6. The van der Waals surface area contributed by atoms with Gasteiger partial charge >= 0.3 is 5.97 Å². The first-order chi connectivity index (χ1) is 12.7. The van der Waals surface area contributed by atoms with Crippen molar-refractivity contribution in [3.8, 4) is 17.2 Å². The van der Waals surface area contributed by atoms with E-state index in [2.05, 4.69) is 0 Å². The van der Waals surface area contributed by atoms with Crippen LogP contribution in [0.25, 0.3) is 0 Å². The highest BCUT2D eigenvalue weighted by Crippen LogP contribution is 2.39. The van der Waals surface area contributed by atoms with Crippen molar-refractivity contribution in [2.75, 3.05) is 7.11 Å². The average Bonchev–Trinajstić information content (AvgIpc) is 2.92. The summed E-state index contributed by atoms with van der Waals surface area (Å²) in [5, 5.41) is 9.20. The van der Waals surface area contributed by atoms with E-state index in [0.717, 1.165) is 5.56 Å². The van der Waals surface area contributed by atoms with Gasteiger partial charge in [0.2, 0.25) is 0 Å². The normalized spacial score (nSPS) is 15.6. The molecule has 0 radical (unpaired) electrons. The number of benzene rings is 2. The summed E-state index contributed by atoms with van der Waals surface area (Å²) < 4.78 is 31.0. The van der Waals surface area contributed by atoms with Crippen LogP contribution in [-0.4, -0.2) is 23.8 Å². The molecule has 0 fully saturated rings. The zero-order chi connectivity index (χ0) is 19.8. The van der Waals surface area contributed by atoms with Gasteiger partial charge in [0, 0.05) is 29.2 Å². The lowest BCUT2D eigenvalue weighted by Crippen LogP contribution is -2.25. The molecule has 1 aliphatic rings. The molecule has 1 aliphatic heterocycles. The third kappa shape index (κ3) is 3.99. The van der Waals surface area contributed by atoms with E-state index in [0.29, 0.717) is 34.8 Å². The van der Waals surface area contributed by atoms with E-state index in [1.54, 1.807) is 25.1 Å². The third-order valence-corrected chi connectivity index (χ3v) is 4.64. The van der Waals surface area contributed by atoms with Crippen LogP contribution in [0.2, 0.25) is 0 Å². The van der Waals surface area contributed by atoms with Crippen molar-refractivity contribution < 1.29 is 28.5 Å². The van der Waals surface area contributed by atoms with E-state index in [1.807, 2.05) is 13.8 Å². The van der Waals surface area contributed by atoms with Crippen molar-refractivity contribution >= 4 is 5.97 Å². The number of carboxylic acids is 1. The third-order valence-electron chi connectivity index (χ3n) is 4.64. The maximum Gasteiger partial charge on any atom is 0.310 e. The molecular weight excluding hydrogens is 351 g/mol. The van der Waals surface area contributed by atoms with Gasteiger partial charge in [-0.3, -0.25) is 4.79 Å². The fraction of sp³-hybridized carbons (Fsp3) is 0.381. The number of fused-ring (bicyclic) bond motifs is 1. The fourth-order valence-corrected chi connectivity index (χ4v) is 3.29. The molecule has 6 heteroatoms. The first kappa shape index (κ1) is 19.0. The van der Waals surface area contributed by atoms with Gasteiger partial charge in [-0.15, -0.1) is 0 Å². The van der Waals surface area contributed by atoms with Crippen molar-refractivity contribution in [2.45, 2.75) is 45.3 Å². The molecule has 144 valence electrons. The summed E-state index contributed by atoms with van der Waals surface area (Å²) in [5.74, 6) is -0.345. The number of hydrogen-bond donors (Lipinski definition) is 1. The standard InChI is InChI=1S/C21H23FO5/c1-12(20(23)24)17-6-5-16(9-18(17)25-4)26-11-14-8-15(22)7-13-10-21(2,3)27-19(13)14/h5-9,12H,10-11H2,1-4H3,(H,23,24).